The van der Waals surface area contributed by atoms with Crippen molar-refractivity contribution in [2.75, 3.05) is 6.54 Å². The molecule has 0 spiro atoms. The lowest BCUT2D eigenvalue weighted by molar-refractivity contribution is 0.448. The highest BCUT2D eigenvalue weighted by molar-refractivity contribution is 6.13. The van der Waals surface area contributed by atoms with Crippen LogP contribution in [0.3, 0.4) is 0 Å². The molecule has 3 nitrogen and oxygen atoms in total. The van der Waals surface area contributed by atoms with Crippen LogP contribution >= 0.6 is 0 Å². The van der Waals surface area contributed by atoms with Crippen LogP contribution in [0.15, 0.2) is 30.3 Å². The zero-order valence-electron chi connectivity index (χ0n) is 6.85. The van der Waals surface area contributed by atoms with Gasteiger partial charge in [-0.1, -0.05) is 30.3 Å². The Balaban J connectivity index is 0.000000354. The van der Waals surface area contributed by atoms with Crippen molar-refractivity contribution in [3.63, 3.8) is 0 Å². The minimum absolute atomic E-state index is 0. The summed E-state index contributed by atoms with van der Waals surface area (Å²) in [4.78, 5) is 0. The van der Waals surface area contributed by atoms with Gasteiger partial charge in [-0.3, -0.25) is 0 Å². The molecule has 0 unspecified atom stereocenters. The van der Waals surface area contributed by atoms with E-state index in [0.29, 0.717) is 0 Å². The average Bonchev–Trinajstić information content (AvgIpc) is 2.08. The number of benzene rings is 1. The van der Waals surface area contributed by atoms with Crippen molar-refractivity contribution < 1.29 is 10.0 Å². The summed E-state index contributed by atoms with van der Waals surface area (Å²) in [6.07, 6.45) is 0.987. The molecular weight excluding hydrogens is 153 g/mol. The smallest absolute Gasteiger partial charge is 0.429 e. The summed E-state index contributed by atoms with van der Waals surface area (Å²) in [5, 5.41) is 14.0. The summed E-state index contributed by atoms with van der Waals surface area (Å²) in [5.41, 5.74) is 6.68. The Bertz CT molecular complexity index is 182. The van der Waals surface area contributed by atoms with E-state index in [1.807, 2.05) is 18.2 Å². The van der Waals surface area contributed by atoms with Gasteiger partial charge in [-0.05, 0) is 18.5 Å². The normalized spacial score (nSPS) is 8.25. The van der Waals surface area contributed by atoms with Crippen LogP contribution in [0.5, 0.6) is 0 Å². The van der Waals surface area contributed by atoms with E-state index < -0.39 is 0 Å². The standard InChI is InChI=1S/C8H11N.BH2O2/c9-7-6-8-4-2-1-3-5-8;2-1-3/h1-5H,6-7,9H2;2-3H. The molecule has 0 aliphatic carbocycles. The first-order valence-corrected chi connectivity index (χ1v) is 3.69. The highest BCUT2D eigenvalue weighted by atomic mass is 16.4. The highest BCUT2D eigenvalue weighted by Gasteiger charge is 1.84. The number of hydrogen-bond donors (Lipinski definition) is 3. The third-order valence-corrected chi connectivity index (χ3v) is 1.28. The largest absolute Gasteiger partial charge is 0.482 e. The molecule has 0 heterocycles. The zero-order chi connectivity index (χ0) is 9.23. The molecular formula is C8H13BNO2. The molecule has 1 aromatic carbocycles. The molecule has 0 saturated heterocycles. The third-order valence-electron chi connectivity index (χ3n) is 1.28. The lowest BCUT2D eigenvalue weighted by Crippen LogP contribution is -2.01. The Hall–Kier alpha value is -0.835. The van der Waals surface area contributed by atoms with E-state index in [4.69, 9.17) is 15.8 Å². The van der Waals surface area contributed by atoms with Gasteiger partial charge in [0.2, 0.25) is 0 Å². The topological polar surface area (TPSA) is 66.5 Å². The summed E-state index contributed by atoms with van der Waals surface area (Å²) in [5.74, 6) is 0. The maximum absolute atomic E-state index is 7.00. The zero-order valence-corrected chi connectivity index (χ0v) is 6.85. The van der Waals surface area contributed by atoms with E-state index in [0.717, 1.165) is 13.0 Å². The molecule has 12 heavy (non-hydrogen) atoms. The van der Waals surface area contributed by atoms with Crippen LogP contribution in [-0.2, 0) is 6.42 Å². The molecule has 1 aromatic rings. The Labute approximate surface area is 73.2 Å². The first kappa shape index (κ1) is 11.2. The van der Waals surface area contributed by atoms with Crippen LogP contribution in [0.25, 0.3) is 0 Å². The van der Waals surface area contributed by atoms with Gasteiger partial charge < -0.3 is 15.8 Å². The van der Waals surface area contributed by atoms with Crippen LogP contribution < -0.4 is 5.73 Å². The minimum Gasteiger partial charge on any atom is -0.429 e. The molecule has 0 atom stereocenters. The van der Waals surface area contributed by atoms with Gasteiger partial charge >= 0.3 is 7.69 Å². The molecule has 4 heteroatoms. The van der Waals surface area contributed by atoms with E-state index in [9.17, 15) is 0 Å². The van der Waals surface area contributed by atoms with Gasteiger partial charge in [-0.25, -0.2) is 0 Å². The molecule has 0 amide bonds. The fourth-order valence-corrected chi connectivity index (χ4v) is 0.811. The summed E-state index contributed by atoms with van der Waals surface area (Å²) < 4.78 is 0. The molecule has 0 aliphatic rings. The Morgan fingerprint density at radius 1 is 1.17 bits per heavy atom. The molecule has 0 bridgehead atoms. The van der Waals surface area contributed by atoms with Gasteiger partial charge in [0, 0.05) is 0 Å². The fourth-order valence-electron chi connectivity index (χ4n) is 0.811. The fraction of sp³-hybridized carbons (Fsp3) is 0.250. The van der Waals surface area contributed by atoms with Gasteiger partial charge in [0.1, 0.15) is 0 Å². The first-order valence-electron chi connectivity index (χ1n) is 3.69. The van der Waals surface area contributed by atoms with Crippen LogP contribution in [0.4, 0.5) is 0 Å². The first-order chi connectivity index (χ1) is 5.85. The van der Waals surface area contributed by atoms with Gasteiger partial charge in [0.05, 0.1) is 0 Å². The summed E-state index contributed by atoms with van der Waals surface area (Å²) >= 11 is 0. The van der Waals surface area contributed by atoms with E-state index >= 15 is 0 Å². The quantitative estimate of drug-likeness (QED) is 0.528. The summed E-state index contributed by atoms with van der Waals surface area (Å²) in [6.45, 7) is 0.740. The van der Waals surface area contributed by atoms with Gasteiger partial charge in [0.25, 0.3) is 0 Å². The van der Waals surface area contributed by atoms with Crippen molar-refractivity contribution >= 4 is 7.69 Å². The van der Waals surface area contributed by atoms with Crippen molar-refractivity contribution in [3.8, 4) is 0 Å². The lowest BCUT2D eigenvalue weighted by atomic mass is 10.2. The maximum Gasteiger partial charge on any atom is 0.482 e. The second-order valence-corrected chi connectivity index (χ2v) is 2.14. The van der Waals surface area contributed by atoms with Crippen molar-refractivity contribution in [2.45, 2.75) is 6.42 Å². The van der Waals surface area contributed by atoms with Crippen molar-refractivity contribution in [3.05, 3.63) is 35.9 Å². The molecule has 0 fully saturated rings. The molecule has 65 valence electrons. The predicted octanol–water partition coefficient (Wildman–Crippen LogP) is -0.307. The number of hydrogen-bond acceptors (Lipinski definition) is 3. The molecule has 0 saturated carbocycles. The van der Waals surface area contributed by atoms with Gasteiger partial charge in [0.15, 0.2) is 0 Å². The van der Waals surface area contributed by atoms with Crippen LogP contribution in [0.2, 0.25) is 0 Å². The van der Waals surface area contributed by atoms with Crippen molar-refractivity contribution in [2.24, 2.45) is 5.73 Å². The van der Waals surface area contributed by atoms with Gasteiger partial charge in [-0.2, -0.15) is 0 Å². The molecule has 0 aliphatic heterocycles. The highest BCUT2D eigenvalue weighted by Crippen LogP contribution is 1.96. The SMILES string of the molecule is NCCc1ccccc1.O[B]O. The third kappa shape index (κ3) is 5.91. The second-order valence-electron chi connectivity index (χ2n) is 2.14. The molecule has 4 N–H and O–H groups in total. The van der Waals surface area contributed by atoms with Crippen molar-refractivity contribution in [1.29, 1.82) is 0 Å². The Morgan fingerprint density at radius 2 is 1.67 bits per heavy atom. The summed E-state index contributed by atoms with van der Waals surface area (Å²) in [6, 6.07) is 10.3. The number of rotatable bonds is 2. The number of nitrogens with two attached hydrogens (primary N) is 1. The van der Waals surface area contributed by atoms with E-state index in [1.54, 1.807) is 0 Å². The summed E-state index contributed by atoms with van der Waals surface area (Å²) in [7, 11) is 0. The van der Waals surface area contributed by atoms with E-state index in [-0.39, 0.29) is 7.69 Å². The molecule has 0 aromatic heterocycles. The molecule has 1 radical (unpaired) electrons. The Morgan fingerprint density at radius 3 is 2.08 bits per heavy atom. The maximum atomic E-state index is 7.00. The Kier molecular flexibility index (Phi) is 7.69. The predicted molar refractivity (Wildman–Crippen MR) is 49.4 cm³/mol. The monoisotopic (exact) mass is 166 g/mol. The van der Waals surface area contributed by atoms with Gasteiger partial charge in [-0.15, -0.1) is 0 Å². The molecule has 1 rings (SSSR count). The van der Waals surface area contributed by atoms with Crippen molar-refractivity contribution in [1.82, 2.24) is 0 Å². The lowest BCUT2D eigenvalue weighted by Gasteiger charge is -1.93. The van der Waals surface area contributed by atoms with Crippen LogP contribution in [0.1, 0.15) is 5.56 Å². The van der Waals surface area contributed by atoms with E-state index in [2.05, 4.69) is 12.1 Å². The average molecular weight is 166 g/mol. The minimum atomic E-state index is 0. The van der Waals surface area contributed by atoms with Crippen LogP contribution in [-0.4, -0.2) is 24.3 Å². The van der Waals surface area contributed by atoms with E-state index in [1.165, 1.54) is 5.56 Å². The van der Waals surface area contributed by atoms with Crippen LogP contribution in [0, 0.1) is 0 Å². The second kappa shape index (κ2) is 8.26.